The number of alkyl halides is 3. The van der Waals surface area contributed by atoms with Crippen molar-refractivity contribution in [3.63, 3.8) is 0 Å². The van der Waals surface area contributed by atoms with Gasteiger partial charge >= 0.3 is 12.3 Å². The van der Waals surface area contributed by atoms with E-state index in [4.69, 9.17) is 0 Å². The van der Waals surface area contributed by atoms with Crippen molar-refractivity contribution in [1.82, 2.24) is 15.5 Å². The molecule has 1 rings (SSSR count). The first-order valence-corrected chi connectivity index (χ1v) is 9.51. The maximum Gasteiger partial charge on any atom is 0.416 e. The Balaban J connectivity index is 2.97. The summed E-state index contributed by atoms with van der Waals surface area (Å²) in [6.45, 7) is 6.55. The number of carbonyl (C=O) groups excluding carboxylic acids is 3. The third-order valence-corrected chi connectivity index (χ3v) is 4.93. The quantitative estimate of drug-likeness (QED) is 0.572. The Labute approximate surface area is 168 Å². The second-order valence-electron chi connectivity index (χ2n) is 7.81. The predicted molar refractivity (Wildman–Crippen MR) is 97.7 cm³/mol. The van der Waals surface area contributed by atoms with Gasteiger partial charge < -0.3 is 25.4 Å². The van der Waals surface area contributed by atoms with Gasteiger partial charge in [-0.1, -0.05) is 27.7 Å². The number of nitrogens with zero attached hydrogens (tertiary/aromatic N) is 1. The molecule has 1 heterocycles. The van der Waals surface area contributed by atoms with Crippen molar-refractivity contribution in [2.75, 3.05) is 13.7 Å². The van der Waals surface area contributed by atoms with Crippen molar-refractivity contribution < 1.29 is 37.4 Å². The zero-order valence-electron chi connectivity index (χ0n) is 17.2. The van der Waals surface area contributed by atoms with Crippen molar-refractivity contribution in [2.45, 2.75) is 70.9 Å². The number of alkyl carbamates (subject to hydrolysis) is 1. The first-order valence-electron chi connectivity index (χ1n) is 9.51. The topological polar surface area (TPSA) is 108 Å². The van der Waals surface area contributed by atoms with Gasteiger partial charge in [0.05, 0.1) is 13.2 Å². The number of aliphatic hydroxyl groups is 1. The summed E-state index contributed by atoms with van der Waals surface area (Å²) in [5.74, 6) is -2.27. The standard InChI is InChI=1S/C18H30F3N3O5/c1-9(2)12(14(25)18(19,20)21)22-15(26)11-7-6-8-24(11)16(27)13(10(3)4)23-17(28)29-5/h9-14,25H,6-8H2,1-5H3,(H,22,26)(H,23,28)/t11?,12-,13?,14+/m0/s1. The fraction of sp³-hybridized carbons (Fsp3) is 0.833. The highest BCUT2D eigenvalue weighted by molar-refractivity contribution is 5.92. The molecule has 3 amide bonds. The van der Waals surface area contributed by atoms with Gasteiger partial charge in [-0.25, -0.2) is 4.79 Å². The molecule has 0 radical (unpaired) electrons. The minimum atomic E-state index is -4.89. The number of hydrogen-bond acceptors (Lipinski definition) is 5. The van der Waals surface area contributed by atoms with Crippen molar-refractivity contribution in [2.24, 2.45) is 11.8 Å². The summed E-state index contributed by atoms with van der Waals surface area (Å²) < 4.78 is 43.3. The fourth-order valence-corrected chi connectivity index (χ4v) is 3.26. The number of hydrogen-bond donors (Lipinski definition) is 3. The molecule has 0 saturated carbocycles. The van der Waals surface area contributed by atoms with Gasteiger partial charge in [-0.05, 0) is 24.7 Å². The molecule has 0 spiro atoms. The van der Waals surface area contributed by atoms with E-state index in [1.54, 1.807) is 13.8 Å². The summed E-state index contributed by atoms with van der Waals surface area (Å²) in [5.41, 5.74) is 0. The number of halogens is 3. The molecule has 2 unspecified atom stereocenters. The van der Waals surface area contributed by atoms with Gasteiger partial charge in [0.1, 0.15) is 12.1 Å². The Bertz CT molecular complexity index is 598. The summed E-state index contributed by atoms with van der Waals surface area (Å²) in [5, 5.41) is 14.3. The van der Waals surface area contributed by atoms with Crippen LogP contribution in [0.2, 0.25) is 0 Å². The second-order valence-corrected chi connectivity index (χ2v) is 7.81. The van der Waals surface area contributed by atoms with Crippen molar-refractivity contribution >= 4 is 17.9 Å². The van der Waals surface area contributed by atoms with Crippen molar-refractivity contribution in [3.05, 3.63) is 0 Å². The minimum Gasteiger partial charge on any atom is -0.453 e. The zero-order valence-corrected chi connectivity index (χ0v) is 17.2. The van der Waals surface area contributed by atoms with Crippen LogP contribution < -0.4 is 10.6 Å². The van der Waals surface area contributed by atoms with E-state index in [0.717, 1.165) is 7.11 Å². The molecule has 0 aliphatic carbocycles. The molecule has 0 bridgehead atoms. The molecular weight excluding hydrogens is 395 g/mol. The molecule has 0 aromatic carbocycles. The number of amides is 3. The van der Waals surface area contributed by atoms with E-state index < -0.39 is 54.2 Å². The normalized spacial score (nSPS) is 20.4. The molecule has 1 aliphatic heterocycles. The van der Waals surface area contributed by atoms with Gasteiger partial charge in [-0.15, -0.1) is 0 Å². The van der Waals surface area contributed by atoms with Gasteiger partial charge in [-0.3, -0.25) is 9.59 Å². The molecule has 168 valence electrons. The molecule has 1 saturated heterocycles. The zero-order chi connectivity index (χ0) is 22.5. The highest BCUT2D eigenvalue weighted by Gasteiger charge is 2.46. The highest BCUT2D eigenvalue weighted by Crippen LogP contribution is 2.26. The summed E-state index contributed by atoms with van der Waals surface area (Å²) in [4.78, 5) is 38.4. The number of rotatable bonds is 7. The van der Waals surface area contributed by atoms with E-state index >= 15 is 0 Å². The van der Waals surface area contributed by atoms with E-state index in [0.29, 0.717) is 6.42 Å². The van der Waals surface area contributed by atoms with Crippen LogP contribution in [0.4, 0.5) is 18.0 Å². The fourth-order valence-electron chi connectivity index (χ4n) is 3.26. The van der Waals surface area contributed by atoms with Crippen LogP contribution in [0, 0.1) is 11.8 Å². The lowest BCUT2D eigenvalue weighted by molar-refractivity contribution is -0.215. The van der Waals surface area contributed by atoms with Gasteiger partial charge in [-0.2, -0.15) is 13.2 Å². The Morgan fingerprint density at radius 2 is 1.69 bits per heavy atom. The molecule has 29 heavy (non-hydrogen) atoms. The summed E-state index contributed by atoms with van der Waals surface area (Å²) in [6.07, 6.45) is -7.65. The number of carbonyl (C=O) groups is 3. The first-order chi connectivity index (χ1) is 13.3. The third kappa shape index (κ3) is 6.48. The molecule has 4 atom stereocenters. The lowest BCUT2D eigenvalue weighted by Crippen LogP contribution is -2.59. The Hall–Kier alpha value is -2.04. The Morgan fingerprint density at radius 1 is 1.10 bits per heavy atom. The Morgan fingerprint density at radius 3 is 2.14 bits per heavy atom. The van der Waals surface area contributed by atoms with E-state index in [1.807, 2.05) is 0 Å². The molecule has 3 N–H and O–H groups in total. The smallest absolute Gasteiger partial charge is 0.416 e. The largest absolute Gasteiger partial charge is 0.453 e. The third-order valence-electron chi connectivity index (χ3n) is 4.93. The van der Waals surface area contributed by atoms with Gasteiger partial charge in [0.25, 0.3) is 0 Å². The van der Waals surface area contributed by atoms with Crippen LogP contribution in [0.5, 0.6) is 0 Å². The monoisotopic (exact) mass is 425 g/mol. The van der Waals surface area contributed by atoms with Crippen LogP contribution in [-0.2, 0) is 14.3 Å². The summed E-state index contributed by atoms with van der Waals surface area (Å²) >= 11 is 0. The van der Waals surface area contributed by atoms with E-state index in [-0.39, 0.29) is 18.9 Å². The SMILES string of the molecule is COC(=O)NC(C(=O)N1CCCC1C(=O)N[C@@H](C(C)C)[C@@H](O)C(F)(F)F)C(C)C. The molecular formula is C18H30F3N3O5. The maximum absolute atomic E-state index is 12.9. The average molecular weight is 425 g/mol. The molecule has 0 aromatic rings. The molecule has 1 fully saturated rings. The van der Waals surface area contributed by atoms with Gasteiger partial charge in [0.2, 0.25) is 11.8 Å². The van der Waals surface area contributed by atoms with Gasteiger partial charge in [0, 0.05) is 6.54 Å². The number of ether oxygens (including phenoxy) is 1. The van der Waals surface area contributed by atoms with Crippen LogP contribution in [0.25, 0.3) is 0 Å². The van der Waals surface area contributed by atoms with E-state index in [1.165, 1.54) is 18.7 Å². The average Bonchev–Trinajstić information content (AvgIpc) is 3.11. The maximum atomic E-state index is 12.9. The lowest BCUT2D eigenvalue weighted by Gasteiger charge is -2.33. The van der Waals surface area contributed by atoms with Crippen LogP contribution in [0.15, 0.2) is 0 Å². The molecule has 1 aliphatic rings. The molecule has 11 heteroatoms. The minimum absolute atomic E-state index is 0.233. The van der Waals surface area contributed by atoms with Crippen LogP contribution in [-0.4, -0.2) is 72.0 Å². The van der Waals surface area contributed by atoms with Crippen LogP contribution in [0.3, 0.4) is 0 Å². The van der Waals surface area contributed by atoms with Crippen molar-refractivity contribution in [3.8, 4) is 0 Å². The van der Waals surface area contributed by atoms with Crippen molar-refractivity contribution in [1.29, 1.82) is 0 Å². The van der Waals surface area contributed by atoms with Crippen LogP contribution in [0.1, 0.15) is 40.5 Å². The van der Waals surface area contributed by atoms with Gasteiger partial charge in [0.15, 0.2) is 6.10 Å². The number of methoxy groups -OCH3 is 1. The summed E-state index contributed by atoms with van der Waals surface area (Å²) in [6, 6.07) is -3.48. The summed E-state index contributed by atoms with van der Waals surface area (Å²) in [7, 11) is 1.15. The number of likely N-dealkylation sites (tertiary alicyclic amines) is 1. The lowest BCUT2D eigenvalue weighted by atomic mass is 9.97. The molecule has 8 nitrogen and oxygen atoms in total. The Kier molecular flexibility index (Phi) is 8.73. The number of aliphatic hydroxyl groups excluding tert-OH is 1. The number of nitrogens with one attached hydrogen (secondary N) is 2. The van der Waals surface area contributed by atoms with E-state index in [9.17, 15) is 32.7 Å². The highest BCUT2D eigenvalue weighted by atomic mass is 19.4. The van der Waals surface area contributed by atoms with Crippen LogP contribution >= 0.6 is 0 Å². The van der Waals surface area contributed by atoms with E-state index in [2.05, 4.69) is 15.4 Å². The first kappa shape index (κ1) is 25.0. The second kappa shape index (κ2) is 10.1. The predicted octanol–water partition coefficient (Wildman–Crippen LogP) is 1.42. The molecule has 0 aromatic heterocycles.